The van der Waals surface area contributed by atoms with Crippen LogP contribution in [0, 0.1) is 5.82 Å². The Morgan fingerprint density at radius 2 is 1.93 bits per heavy atom. The van der Waals surface area contributed by atoms with Crippen LogP contribution in [0.25, 0.3) is 0 Å². The van der Waals surface area contributed by atoms with E-state index < -0.39 is 6.16 Å². The van der Waals surface area contributed by atoms with Gasteiger partial charge >= 0.3 is 6.16 Å². The van der Waals surface area contributed by atoms with E-state index in [-0.39, 0.29) is 17.8 Å². The second-order valence-electron chi connectivity index (χ2n) is 6.39. The summed E-state index contributed by atoms with van der Waals surface area (Å²) in [6, 6.07) is 14.5. The van der Waals surface area contributed by atoms with Crippen LogP contribution in [0.15, 0.2) is 53.4 Å². The van der Waals surface area contributed by atoms with Crippen molar-refractivity contribution < 1.29 is 23.9 Å². The van der Waals surface area contributed by atoms with Crippen LogP contribution >= 0.6 is 11.8 Å². The van der Waals surface area contributed by atoms with Gasteiger partial charge in [-0.1, -0.05) is 24.3 Å². The summed E-state index contributed by atoms with van der Waals surface area (Å²) >= 11 is 1.68. The second-order valence-corrected chi connectivity index (χ2v) is 7.27. The van der Waals surface area contributed by atoms with Crippen LogP contribution < -0.4 is 0 Å². The molecule has 7 heteroatoms. The van der Waals surface area contributed by atoms with Crippen LogP contribution in [0.1, 0.15) is 23.5 Å². The lowest BCUT2D eigenvalue weighted by atomic mass is 9.87. The molecule has 2 unspecified atom stereocenters. The van der Waals surface area contributed by atoms with Gasteiger partial charge in [0.25, 0.3) is 0 Å². The van der Waals surface area contributed by atoms with E-state index in [1.165, 1.54) is 22.1 Å². The number of hydrogen-bond acceptors (Lipinski definition) is 5. The number of ether oxygens (including phenoxy) is 1. The van der Waals surface area contributed by atoms with Crippen LogP contribution in [0.2, 0.25) is 0 Å². The minimum absolute atomic E-state index is 0.0460. The molecule has 2 atom stereocenters. The molecule has 0 aliphatic carbocycles. The molecule has 2 aromatic carbocycles. The largest absolute Gasteiger partial charge is 0.525 e. The standard InChI is InChI=1S/C20H22FNO4S/c1-27-17-8-2-14(3-9-17)13-25-19-12-22(26-20(23)24)11-10-18(19)15-4-6-16(21)7-5-15/h2-9,18-19H,10-13H2,1H3,(H,23,24). The van der Waals surface area contributed by atoms with E-state index in [0.29, 0.717) is 26.1 Å². The van der Waals surface area contributed by atoms with Gasteiger partial charge in [0.1, 0.15) is 5.82 Å². The Morgan fingerprint density at radius 3 is 2.56 bits per heavy atom. The molecule has 1 fully saturated rings. The van der Waals surface area contributed by atoms with E-state index >= 15 is 0 Å². The van der Waals surface area contributed by atoms with Crippen molar-refractivity contribution in [3.63, 3.8) is 0 Å². The number of carboxylic acid groups (broad SMARTS) is 1. The normalized spacial score (nSPS) is 20.4. The fourth-order valence-electron chi connectivity index (χ4n) is 3.27. The molecule has 0 saturated carbocycles. The van der Waals surface area contributed by atoms with E-state index in [0.717, 1.165) is 11.1 Å². The summed E-state index contributed by atoms with van der Waals surface area (Å²) in [5.74, 6) is -0.235. The monoisotopic (exact) mass is 391 g/mol. The Balaban J connectivity index is 1.71. The number of piperidine rings is 1. The van der Waals surface area contributed by atoms with Gasteiger partial charge in [-0.15, -0.1) is 16.8 Å². The second kappa shape index (κ2) is 9.21. The first kappa shape index (κ1) is 19.7. The smallest absolute Gasteiger partial charge is 0.448 e. The van der Waals surface area contributed by atoms with Crippen LogP contribution in [0.3, 0.4) is 0 Å². The van der Waals surface area contributed by atoms with Crippen molar-refractivity contribution in [1.82, 2.24) is 5.06 Å². The van der Waals surface area contributed by atoms with E-state index in [4.69, 9.17) is 14.7 Å². The average Bonchev–Trinajstić information content (AvgIpc) is 2.67. The molecule has 27 heavy (non-hydrogen) atoms. The number of carbonyl (C=O) groups is 1. The molecule has 2 aromatic rings. The molecule has 5 nitrogen and oxygen atoms in total. The number of thioether (sulfide) groups is 1. The fraction of sp³-hybridized carbons (Fsp3) is 0.350. The van der Waals surface area contributed by atoms with Crippen molar-refractivity contribution in [3.05, 3.63) is 65.5 Å². The fourth-order valence-corrected chi connectivity index (χ4v) is 3.67. The molecule has 0 bridgehead atoms. The molecule has 1 heterocycles. The van der Waals surface area contributed by atoms with Crippen molar-refractivity contribution in [2.75, 3.05) is 19.3 Å². The van der Waals surface area contributed by atoms with Crippen molar-refractivity contribution in [3.8, 4) is 0 Å². The summed E-state index contributed by atoms with van der Waals surface area (Å²) < 4.78 is 19.4. The number of rotatable bonds is 6. The average molecular weight is 391 g/mol. The predicted octanol–water partition coefficient (Wildman–Crippen LogP) is 4.53. The number of benzene rings is 2. The van der Waals surface area contributed by atoms with Crippen molar-refractivity contribution in [1.29, 1.82) is 0 Å². The predicted molar refractivity (Wildman–Crippen MR) is 101 cm³/mol. The van der Waals surface area contributed by atoms with Crippen molar-refractivity contribution in [2.24, 2.45) is 0 Å². The van der Waals surface area contributed by atoms with E-state index in [9.17, 15) is 9.18 Å². The first-order chi connectivity index (χ1) is 13.0. The lowest BCUT2D eigenvalue weighted by molar-refractivity contribution is -0.166. The minimum Gasteiger partial charge on any atom is -0.448 e. The maximum atomic E-state index is 13.3. The highest BCUT2D eigenvalue weighted by molar-refractivity contribution is 7.98. The summed E-state index contributed by atoms with van der Waals surface area (Å²) in [5, 5.41) is 10.3. The molecule has 1 N–H and O–H groups in total. The van der Waals surface area contributed by atoms with Crippen molar-refractivity contribution in [2.45, 2.75) is 29.9 Å². The third kappa shape index (κ3) is 5.45. The Morgan fingerprint density at radius 1 is 1.22 bits per heavy atom. The maximum Gasteiger partial charge on any atom is 0.525 e. The van der Waals surface area contributed by atoms with Gasteiger partial charge in [-0.3, -0.25) is 0 Å². The van der Waals surface area contributed by atoms with E-state index in [1.54, 1.807) is 23.9 Å². The van der Waals surface area contributed by atoms with Gasteiger partial charge in [0, 0.05) is 17.4 Å². The highest BCUT2D eigenvalue weighted by atomic mass is 32.2. The van der Waals surface area contributed by atoms with Gasteiger partial charge in [-0.05, 0) is 48.1 Å². The molecule has 1 aliphatic rings. The Labute approximate surface area is 162 Å². The van der Waals surface area contributed by atoms with E-state index in [1.807, 2.05) is 30.5 Å². The zero-order chi connectivity index (χ0) is 19.2. The summed E-state index contributed by atoms with van der Waals surface area (Å²) in [6.07, 6.45) is 1.10. The number of nitrogens with zero attached hydrogens (tertiary/aromatic N) is 1. The number of hydrogen-bond donors (Lipinski definition) is 1. The zero-order valence-electron chi connectivity index (χ0n) is 15.0. The van der Waals surface area contributed by atoms with Crippen LogP contribution in [-0.2, 0) is 16.2 Å². The van der Waals surface area contributed by atoms with Crippen LogP contribution in [0.5, 0.6) is 0 Å². The molecule has 1 aliphatic heterocycles. The summed E-state index contributed by atoms with van der Waals surface area (Å²) in [7, 11) is 0. The zero-order valence-corrected chi connectivity index (χ0v) is 15.8. The van der Waals surface area contributed by atoms with Gasteiger partial charge in [-0.2, -0.15) is 0 Å². The van der Waals surface area contributed by atoms with E-state index in [2.05, 4.69) is 0 Å². The molecule has 0 radical (unpaired) electrons. The molecule has 1 saturated heterocycles. The maximum absolute atomic E-state index is 13.3. The Hall–Kier alpha value is -2.09. The summed E-state index contributed by atoms with van der Waals surface area (Å²) in [4.78, 5) is 16.9. The number of halogens is 1. The molecule has 0 aromatic heterocycles. The van der Waals surface area contributed by atoms with Gasteiger partial charge in [0.05, 0.1) is 19.3 Å². The molecule has 3 rings (SSSR count). The topological polar surface area (TPSA) is 59.0 Å². The van der Waals surface area contributed by atoms with Gasteiger partial charge in [-0.25, -0.2) is 9.18 Å². The quantitative estimate of drug-likeness (QED) is 0.730. The van der Waals surface area contributed by atoms with Crippen LogP contribution in [-0.4, -0.2) is 41.8 Å². The lowest BCUT2D eigenvalue weighted by Gasteiger charge is -2.36. The minimum atomic E-state index is -1.33. The van der Waals surface area contributed by atoms with Gasteiger partial charge in [0.2, 0.25) is 0 Å². The van der Waals surface area contributed by atoms with Crippen molar-refractivity contribution >= 4 is 17.9 Å². The van der Waals surface area contributed by atoms with Gasteiger partial charge in [0.15, 0.2) is 0 Å². The lowest BCUT2D eigenvalue weighted by Crippen LogP contribution is -2.44. The van der Waals surface area contributed by atoms with Crippen LogP contribution in [0.4, 0.5) is 9.18 Å². The highest BCUT2D eigenvalue weighted by Crippen LogP contribution is 2.31. The Bertz CT molecular complexity index is 754. The Kier molecular flexibility index (Phi) is 6.71. The third-order valence-electron chi connectivity index (χ3n) is 4.65. The SMILES string of the molecule is CSc1ccc(COC2CN(OC(=O)O)CCC2c2ccc(F)cc2)cc1. The molecule has 0 spiro atoms. The molecule has 0 amide bonds. The first-order valence-corrected chi connectivity index (χ1v) is 9.93. The molecule has 144 valence electrons. The molecular weight excluding hydrogens is 369 g/mol. The van der Waals surface area contributed by atoms with Gasteiger partial charge < -0.3 is 14.7 Å². The third-order valence-corrected chi connectivity index (χ3v) is 5.39. The first-order valence-electron chi connectivity index (χ1n) is 8.71. The highest BCUT2D eigenvalue weighted by Gasteiger charge is 2.33. The summed E-state index contributed by atoms with van der Waals surface area (Å²) in [5.41, 5.74) is 2.02. The summed E-state index contributed by atoms with van der Waals surface area (Å²) in [6.45, 7) is 1.21. The number of hydroxylamine groups is 2. The molecular formula is C20H22FNO4S.